The molecule has 1 aliphatic rings. The Hall–Kier alpha value is -2.15. The summed E-state index contributed by atoms with van der Waals surface area (Å²) >= 11 is 0. The molecular formula is C16H22N2O5. The number of rotatable bonds is 3. The van der Waals surface area contributed by atoms with Gasteiger partial charge >= 0.3 is 12.1 Å². The first-order valence-electron chi connectivity index (χ1n) is 7.52. The van der Waals surface area contributed by atoms with Gasteiger partial charge in [-0.2, -0.15) is 0 Å². The van der Waals surface area contributed by atoms with Crippen LogP contribution in [0.5, 0.6) is 0 Å². The number of ether oxygens (including phenoxy) is 3. The average molecular weight is 322 g/mol. The summed E-state index contributed by atoms with van der Waals surface area (Å²) in [5, 5.41) is 0. The van der Waals surface area contributed by atoms with Crippen molar-refractivity contribution >= 4 is 12.1 Å². The summed E-state index contributed by atoms with van der Waals surface area (Å²) < 4.78 is 16.1. The van der Waals surface area contributed by atoms with Crippen LogP contribution in [-0.4, -0.2) is 60.0 Å². The first-order valence-corrected chi connectivity index (χ1v) is 7.52. The highest BCUT2D eigenvalue weighted by Gasteiger charge is 2.28. The Bertz CT molecular complexity index is 541. The number of hydrogen-bond donors (Lipinski definition) is 0. The second-order valence-corrected chi connectivity index (χ2v) is 6.26. The van der Waals surface area contributed by atoms with Gasteiger partial charge in [0.25, 0.3) is 0 Å². The predicted octanol–water partition coefficient (Wildman–Crippen LogP) is 1.87. The van der Waals surface area contributed by atoms with Crippen LogP contribution in [0.2, 0.25) is 0 Å². The number of carbonyl (C=O) groups is 2. The molecule has 0 saturated carbocycles. The lowest BCUT2D eigenvalue weighted by molar-refractivity contribution is -0.0638. The first kappa shape index (κ1) is 17.2. The van der Waals surface area contributed by atoms with E-state index in [4.69, 9.17) is 14.2 Å². The molecule has 0 unspecified atom stereocenters. The number of morpholine rings is 1. The van der Waals surface area contributed by atoms with Crippen molar-refractivity contribution in [3.8, 4) is 0 Å². The van der Waals surface area contributed by atoms with Gasteiger partial charge in [-0.25, -0.2) is 9.59 Å². The average Bonchev–Trinajstić information content (AvgIpc) is 2.52. The minimum atomic E-state index is -0.544. The number of aromatic nitrogens is 1. The van der Waals surface area contributed by atoms with Crippen LogP contribution in [0.4, 0.5) is 4.79 Å². The van der Waals surface area contributed by atoms with Gasteiger partial charge in [0.05, 0.1) is 18.7 Å². The van der Waals surface area contributed by atoms with Crippen molar-refractivity contribution in [1.82, 2.24) is 9.88 Å². The first-order chi connectivity index (χ1) is 10.8. The lowest BCUT2D eigenvalue weighted by Crippen LogP contribution is -2.49. The summed E-state index contributed by atoms with van der Waals surface area (Å²) in [5.74, 6) is -0.462. The standard InChI is InChI=1S/C16H22N2O5/c1-16(2,3)23-15(20)18-7-8-21-13(10-18)11-22-14(19)12-5-4-6-17-9-12/h4-6,9,13H,7-8,10-11H2,1-3H3/t13-/m1/s1. The molecule has 1 atom stereocenters. The van der Waals surface area contributed by atoms with Crippen molar-refractivity contribution in [3.05, 3.63) is 30.1 Å². The molecule has 1 fully saturated rings. The van der Waals surface area contributed by atoms with Crippen LogP contribution in [0.3, 0.4) is 0 Å². The summed E-state index contributed by atoms with van der Waals surface area (Å²) in [7, 11) is 0. The summed E-state index contributed by atoms with van der Waals surface area (Å²) in [6.45, 7) is 6.70. The lowest BCUT2D eigenvalue weighted by atomic mass is 10.2. The zero-order valence-corrected chi connectivity index (χ0v) is 13.7. The van der Waals surface area contributed by atoms with Crippen molar-refractivity contribution in [3.63, 3.8) is 0 Å². The Morgan fingerprint density at radius 3 is 2.87 bits per heavy atom. The van der Waals surface area contributed by atoms with Gasteiger partial charge in [-0.15, -0.1) is 0 Å². The van der Waals surface area contributed by atoms with E-state index in [9.17, 15) is 9.59 Å². The van der Waals surface area contributed by atoms with Crippen LogP contribution in [0.25, 0.3) is 0 Å². The summed E-state index contributed by atoms with van der Waals surface area (Å²) in [6, 6.07) is 3.29. The van der Waals surface area contributed by atoms with Crippen molar-refractivity contribution in [1.29, 1.82) is 0 Å². The molecule has 0 N–H and O–H groups in total. The van der Waals surface area contributed by atoms with Gasteiger partial charge in [-0.3, -0.25) is 4.98 Å². The van der Waals surface area contributed by atoms with E-state index < -0.39 is 11.6 Å². The second kappa shape index (κ2) is 7.41. The van der Waals surface area contributed by atoms with Crippen molar-refractivity contribution < 1.29 is 23.8 Å². The zero-order valence-electron chi connectivity index (χ0n) is 13.7. The Kier molecular flexibility index (Phi) is 5.54. The van der Waals surface area contributed by atoms with E-state index in [0.29, 0.717) is 25.3 Å². The molecule has 7 nitrogen and oxygen atoms in total. The van der Waals surface area contributed by atoms with E-state index in [1.807, 2.05) is 20.8 Å². The van der Waals surface area contributed by atoms with Gasteiger partial charge in [0.2, 0.25) is 0 Å². The maximum atomic E-state index is 12.1. The SMILES string of the molecule is CC(C)(C)OC(=O)N1CCO[C@@H](COC(=O)c2cccnc2)C1. The van der Waals surface area contributed by atoms with Gasteiger partial charge in [-0.1, -0.05) is 0 Å². The van der Waals surface area contributed by atoms with E-state index in [1.165, 1.54) is 6.20 Å². The number of pyridine rings is 1. The molecule has 0 spiro atoms. The van der Waals surface area contributed by atoms with E-state index in [-0.39, 0.29) is 18.8 Å². The minimum Gasteiger partial charge on any atom is -0.459 e. The topological polar surface area (TPSA) is 78.0 Å². The van der Waals surface area contributed by atoms with E-state index in [0.717, 1.165) is 0 Å². The quantitative estimate of drug-likeness (QED) is 0.791. The zero-order chi connectivity index (χ0) is 16.9. The molecule has 2 heterocycles. The highest BCUT2D eigenvalue weighted by molar-refractivity contribution is 5.88. The van der Waals surface area contributed by atoms with Crippen LogP contribution >= 0.6 is 0 Å². The van der Waals surface area contributed by atoms with Gasteiger partial charge in [-0.05, 0) is 32.9 Å². The van der Waals surface area contributed by atoms with E-state index in [1.54, 1.807) is 23.2 Å². The van der Waals surface area contributed by atoms with Crippen molar-refractivity contribution in [2.45, 2.75) is 32.5 Å². The van der Waals surface area contributed by atoms with Gasteiger partial charge in [0, 0.05) is 18.9 Å². The summed E-state index contributed by atoms with van der Waals surface area (Å²) in [6.07, 6.45) is 2.28. The van der Waals surface area contributed by atoms with Crippen LogP contribution in [0.15, 0.2) is 24.5 Å². The molecule has 0 aromatic carbocycles. The number of hydrogen-bond acceptors (Lipinski definition) is 6. The molecule has 2 rings (SSSR count). The smallest absolute Gasteiger partial charge is 0.410 e. The Morgan fingerprint density at radius 1 is 1.43 bits per heavy atom. The molecule has 1 saturated heterocycles. The monoisotopic (exact) mass is 322 g/mol. The third kappa shape index (κ3) is 5.52. The maximum Gasteiger partial charge on any atom is 0.410 e. The van der Waals surface area contributed by atoms with Crippen molar-refractivity contribution in [2.75, 3.05) is 26.3 Å². The highest BCUT2D eigenvalue weighted by atomic mass is 16.6. The van der Waals surface area contributed by atoms with Crippen molar-refractivity contribution in [2.24, 2.45) is 0 Å². The largest absolute Gasteiger partial charge is 0.459 e. The molecule has 1 aromatic heterocycles. The maximum absolute atomic E-state index is 12.1. The molecule has 23 heavy (non-hydrogen) atoms. The lowest BCUT2D eigenvalue weighted by Gasteiger charge is -2.33. The van der Waals surface area contributed by atoms with Crippen LogP contribution in [0.1, 0.15) is 31.1 Å². The molecular weight excluding hydrogens is 300 g/mol. The minimum absolute atomic E-state index is 0.0764. The molecule has 126 valence electrons. The molecule has 7 heteroatoms. The van der Waals surface area contributed by atoms with Crippen LogP contribution in [-0.2, 0) is 14.2 Å². The fraction of sp³-hybridized carbons (Fsp3) is 0.562. The molecule has 0 bridgehead atoms. The number of esters is 1. The Morgan fingerprint density at radius 2 is 2.22 bits per heavy atom. The Labute approximate surface area is 135 Å². The second-order valence-electron chi connectivity index (χ2n) is 6.26. The van der Waals surface area contributed by atoms with E-state index >= 15 is 0 Å². The van der Waals surface area contributed by atoms with Crippen LogP contribution in [0, 0.1) is 0 Å². The highest BCUT2D eigenvalue weighted by Crippen LogP contribution is 2.13. The number of nitrogens with zero attached hydrogens (tertiary/aromatic N) is 2. The van der Waals surface area contributed by atoms with Gasteiger partial charge < -0.3 is 19.1 Å². The third-order valence-corrected chi connectivity index (χ3v) is 3.09. The van der Waals surface area contributed by atoms with E-state index in [2.05, 4.69) is 4.98 Å². The predicted molar refractivity (Wildman–Crippen MR) is 82.1 cm³/mol. The summed E-state index contributed by atoms with van der Waals surface area (Å²) in [5.41, 5.74) is -0.162. The number of amides is 1. The normalized spacial score (nSPS) is 18.4. The molecule has 0 aliphatic carbocycles. The third-order valence-electron chi connectivity index (χ3n) is 3.09. The number of carbonyl (C=O) groups excluding carboxylic acids is 2. The van der Waals surface area contributed by atoms with Crippen LogP contribution < -0.4 is 0 Å². The van der Waals surface area contributed by atoms with Gasteiger partial charge in [0.15, 0.2) is 0 Å². The van der Waals surface area contributed by atoms with Gasteiger partial charge in [0.1, 0.15) is 18.3 Å². The molecule has 1 amide bonds. The molecule has 1 aliphatic heterocycles. The Balaban J connectivity index is 1.82. The molecule has 0 radical (unpaired) electrons. The fourth-order valence-corrected chi connectivity index (χ4v) is 2.05. The summed E-state index contributed by atoms with van der Waals surface area (Å²) in [4.78, 5) is 29.4. The molecule has 1 aromatic rings. The fourth-order valence-electron chi connectivity index (χ4n) is 2.05.